The molecule has 1 aromatic heterocycles. The Balaban J connectivity index is 1.44. The number of carbonyl (C=O) groups is 2. The molecule has 2 aliphatic heterocycles. The number of benzene rings is 1. The number of pyridine rings is 1. The van der Waals surface area contributed by atoms with E-state index in [2.05, 4.69) is 12.2 Å². The molecule has 7 nitrogen and oxygen atoms in total. The fourth-order valence-electron chi connectivity index (χ4n) is 6.23. The van der Waals surface area contributed by atoms with Gasteiger partial charge in [0.2, 0.25) is 0 Å². The third-order valence-corrected chi connectivity index (χ3v) is 8.36. The molecule has 2 fully saturated rings. The lowest BCUT2D eigenvalue weighted by Crippen LogP contribution is -2.52. The molecule has 4 aliphatic rings. The van der Waals surface area contributed by atoms with Crippen LogP contribution in [0.2, 0.25) is 5.02 Å². The largest absolute Gasteiger partial charge is 0.502 e. The minimum absolute atomic E-state index is 0.0447. The third-order valence-electron chi connectivity index (χ3n) is 8.07. The van der Waals surface area contributed by atoms with Crippen LogP contribution in [0.1, 0.15) is 58.2 Å². The lowest BCUT2D eigenvalue weighted by atomic mass is 9.91. The van der Waals surface area contributed by atoms with Crippen LogP contribution in [0.25, 0.3) is 0 Å². The number of nitrogens with zero attached hydrogens (tertiary/aromatic N) is 2. The van der Waals surface area contributed by atoms with Crippen molar-refractivity contribution in [3.63, 3.8) is 0 Å². The van der Waals surface area contributed by atoms with E-state index in [0.29, 0.717) is 36.4 Å². The molecule has 0 saturated heterocycles. The van der Waals surface area contributed by atoms with Gasteiger partial charge in [-0.05, 0) is 49.3 Å². The second-order valence-corrected chi connectivity index (χ2v) is 10.00. The Morgan fingerprint density at radius 1 is 1.31 bits per heavy atom. The first-order chi connectivity index (χ1) is 15.2. The molecule has 2 amide bonds. The molecule has 6 rings (SSSR count). The summed E-state index contributed by atoms with van der Waals surface area (Å²) in [7, 11) is 0. The molecule has 2 aromatic rings. The standard InChI is InChI=1S/C23H21ClFN3O4/c1-22-9-12(22)4-6-23(22)26-19(30)17-13-5-7-27(10-11-2-3-15(25)14(24)8-11)20(31)16(13)18(29)21(32)28(17)23/h2-3,8,12,29H,4-7,9-10H2,1H3,(H,26,30)/t12-,22+,23+/m1/s1. The van der Waals surface area contributed by atoms with E-state index < -0.39 is 28.7 Å². The first-order valence-corrected chi connectivity index (χ1v) is 11.1. The number of nitrogens with one attached hydrogen (secondary N) is 1. The molecule has 2 N–H and O–H groups in total. The van der Waals surface area contributed by atoms with Crippen molar-refractivity contribution in [2.45, 2.75) is 44.8 Å². The van der Waals surface area contributed by atoms with Crippen molar-refractivity contribution in [3.05, 3.63) is 61.8 Å². The number of fused-ring (bicyclic) bond motifs is 6. The summed E-state index contributed by atoms with van der Waals surface area (Å²) in [6.07, 6.45) is 2.79. The second kappa shape index (κ2) is 6.13. The highest BCUT2D eigenvalue weighted by atomic mass is 35.5. The number of halogens is 2. The van der Waals surface area contributed by atoms with Gasteiger partial charge in [-0.25, -0.2) is 4.39 Å². The molecule has 9 heteroatoms. The fraction of sp³-hybridized carbons (Fsp3) is 0.435. The van der Waals surface area contributed by atoms with Gasteiger partial charge in [-0.3, -0.25) is 19.0 Å². The fourth-order valence-corrected chi connectivity index (χ4v) is 6.43. The summed E-state index contributed by atoms with van der Waals surface area (Å²) in [4.78, 5) is 41.2. The maximum Gasteiger partial charge on any atom is 0.296 e. The number of amides is 2. The molecule has 1 spiro atoms. The van der Waals surface area contributed by atoms with Crippen molar-refractivity contribution in [2.75, 3.05) is 6.54 Å². The Hall–Kier alpha value is -2.87. The van der Waals surface area contributed by atoms with Crippen molar-refractivity contribution < 1.29 is 19.1 Å². The van der Waals surface area contributed by atoms with Gasteiger partial charge in [-0.2, -0.15) is 0 Å². The van der Waals surface area contributed by atoms with Crippen molar-refractivity contribution in [1.82, 2.24) is 14.8 Å². The number of carbonyl (C=O) groups excluding carboxylic acids is 2. The first-order valence-electron chi connectivity index (χ1n) is 10.7. The molecule has 3 heterocycles. The molecule has 166 valence electrons. The molecule has 3 atom stereocenters. The van der Waals surface area contributed by atoms with Crippen LogP contribution in [0.5, 0.6) is 5.75 Å². The zero-order valence-corrected chi connectivity index (χ0v) is 18.1. The van der Waals surface area contributed by atoms with Gasteiger partial charge in [0.15, 0.2) is 5.75 Å². The number of aromatic nitrogens is 1. The van der Waals surface area contributed by atoms with Crippen LogP contribution in [0.3, 0.4) is 0 Å². The monoisotopic (exact) mass is 457 g/mol. The predicted molar refractivity (Wildman–Crippen MR) is 113 cm³/mol. The smallest absolute Gasteiger partial charge is 0.296 e. The molecule has 2 aliphatic carbocycles. The van der Waals surface area contributed by atoms with E-state index in [1.165, 1.54) is 27.7 Å². The number of hydrogen-bond acceptors (Lipinski definition) is 4. The second-order valence-electron chi connectivity index (χ2n) is 9.59. The van der Waals surface area contributed by atoms with E-state index in [0.717, 1.165) is 12.8 Å². The lowest BCUT2D eigenvalue weighted by Gasteiger charge is -2.36. The van der Waals surface area contributed by atoms with Crippen LogP contribution in [0.15, 0.2) is 23.0 Å². The minimum Gasteiger partial charge on any atom is -0.502 e. The highest BCUT2D eigenvalue weighted by molar-refractivity contribution is 6.30. The molecule has 2 saturated carbocycles. The van der Waals surface area contributed by atoms with Gasteiger partial charge in [0.25, 0.3) is 17.4 Å². The van der Waals surface area contributed by atoms with E-state index in [4.69, 9.17) is 11.6 Å². The van der Waals surface area contributed by atoms with E-state index in [-0.39, 0.29) is 34.1 Å². The van der Waals surface area contributed by atoms with Crippen molar-refractivity contribution in [2.24, 2.45) is 11.3 Å². The van der Waals surface area contributed by atoms with Crippen molar-refractivity contribution >= 4 is 23.4 Å². The van der Waals surface area contributed by atoms with Crippen molar-refractivity contribution in [3.8, 4) is 5.75 Å². The summed E-state index contributed by atoms with van der Waals surface area (Å²) in [5.74, 6) is -1.61. The zero-order valence-electron chi connectivity index (χ0n) is 17.4. The Labute approximate surface area is 187 Å². The highest BCUT2D eigenvalue weighted by Gasteiger charge is 2.72. The summed E-state index contributed by atoms with van der Waals surface area (Å²) < 4.78 is 14.9. The predicted octanol–water partition coefficient (Wildman–Crippen LogP) is 2.76. The maximum atomic E-state index is 13.5. The Morgan fingerprint density at radius 3 is 2.75 bits per heavy atom. The SMILES string of the molecule is C[C@]12C[C@H]1CC[C@@]21NC(=O)c2c3c(c(O)c(=O)n21)C(=O)N(Cc1ccc(F)c(Cl)c1)CC3. The normalized spacial score (nSPS) is 29.7. The summed E-state index contributed by atoms with van der Waals surface area (Å²) in [6.45, 7) is 2.52. The quantitative estimate of drug-likeness (QED) is 0.725. The molecule has 1 aromatic carbocycles. The molecular weight excluding hydrogens is 437 g/mol. The van der Waals surface area contributed by atoms with Crippen LogP contribution >= 0.6 is 11.6 Å². The van der Waals surface area contributed by atoms with Crippen LogP contribution in [-0.2, 0) is 18.6 Å². The third kappa shape index (κ3) is 2.28. The molecule has 0 radical (unpaired) electrons. The van der Waals surface area contributed by atoms with Crippen molar-refractivity contribution in [1.29, 1.82) is 0 Å². The number of aromatic hydroxyl groups is 1. The van der Waals surface area contributed by atoms with E-state index in [9.17, 15) is 23.9 Å². The molecular formula is C23H21ClFN3O4. The van der Waals surface area contributed by atoms with Gasteiger partial charge in [-0.1, -0.05) is 24.6 Å². The van der Waals surface area contributed by atoms with Gasteiger partial charge in [0, 0.05) is 24.1 Å². The lowest BCUT2D eigenvalue weighted by molar-refractivity contribution is 0.0720. The average molecular weight is 458 g/mol. The van der Waals surface area contributed by atoms with Crippen LogP contribution in [-0.4, -0.2) is 32.9 Å². The first kappa shape index (κ1) is 19.8. The number of rotatable bonds is 2. The maximum absolute atomic E-state index is 13.5. The molecule has 0 bridgehead atoms. The topological polar surface area (TPSA) is 91.6 Å². The van der Waals surface area contributed by atoms with Gasteiger partial charge < -0.3 is 15.3 Å². The van der Waals surface area contributed by atoms with E-state index in [1.54, 1.807) is 0 Å². The molecule has 32 heavy (non-hydrogen) atoms. The minimum atomic E-state index is -0.835. The van der Waals surface area contributed by atoms with Crippen LogP contribution < -0.4 is 10.9 Å². The highest BCUT2D eigenvalue weighted by Crippen LogP contribution is 2.70. The summed E-state index contributed by atoms with van der Waals surface area (Å²) >= 11 is 5.85. The van der Waals surface area contributed by atoms with Gasteiger partial charge in [0.05, 0.1) is 10.6 Å². The molecule has 0 unspecified atom stereocenters. The van der Waals surface area contributed by atoms with Gasteiger partial charge in [-0.15, -0.1) is 0 Å². The summed E-state index contributed by atoms with van der Waals surface area (Å²) in [5.41, 5.74) is -0.615. The van der Waals surface area contributed by atoms with Crippen LogP contribution in [0, 0.1) is 17.2 Å². The van der Waals surface area contributed by atoms with Crippen LogP contribution in [0.4, 0.5) is 4.39 Å². The van der Waals surface area contributed by atoms with Gasteiger partial charge in [0.1, 0.15) is 17.2 Å². The summed E-state index contributed by atoms with van der Waals surface area (Å²) in [5, 5.41) is 13.9. The van der Waals surface area contributed by atoms with Gasteiger partial charge >= 0.3 is 0 Å². The Morgan fingerprint density at radius 2 is 2.09 bits per heavy atom. The average Bonchev–Trinajstić information content (AvgIpc) is 3.23. The van der Waals surface area contributed by atoms with E-state index >= 15 is 0 Å². The zero-order chi connectivity index (χ0) is 22.6. The Bertz CT molecular complexity index is 1310. The number of hydrogen-bond donors (Lipinski definition) is 2. The Kier molecular flexibility index (Phi) is 3.79. The van der Waals surface area contributed by atoms with E-state index in [1.807, 2.05) is 0 Å². The summed E-state index contributed by atoms with van der Waals surface area (Å²) in [6, 6.07) is 4.21.